The van der Waals surface area contributed by atoms with E-state index in [-0.39, 0.29) is 18.0 Å². The van der Waals surface area contributed by atoms with Crippen LogP contribution in [-0.2, 0) is 27.3 Å². The third-order valence-corrected chi connectivity index (χ3v) is 9.34. The summed E-state index contributed by atoms with van der Waals surface area (Å²) >= 11 is -2.08. The second-order valence-electron chi connectivity index (χ2n) is 6.34. The molecule has 0 amide bonds. The van der Waals surface area contributed by atoms with Crippen molar-refractivity contribution in [1.29, 1.82) is 0 Å². The summed E-state index contributed by atoms with van der Waals surface area (Å²) in [6, 6.07) is 5.66. The second kappa shape index (κ2) is 10.2. The van der Waals surface area contributed by atoms with Crippen LogP contribution in [0.15, 0.2) is 28.4 Å². The van der Waals surface area contributed by atoms with Crippen molar-refractivity contribution >= 4 is 40.3 Å². The molecule has 0 aromatic heterocycles. The van der Waals surface area contributed by atoms with Crippen LogP contribution in [0, 0.1) is 10.8 Å². The van der Waals surface area contributed by atoms with E-state index >= 15 is 0 Å². The Morgan fingerprint density at radius 1 is 1.33 bits per heavy atom. The zero-order valence-corrected chi connectivity index (χ0v) is 19.4. The maximum atomic E-state index is 11.8. The van der Waals surface area contributed by atoms with Gasteiger partial charge in [-0.1, -0.05) is 0 Å². The Bertz CT molecular complexity index is 719. The molecule has 2 rings (SSSR count). The van der Waals surface area contributed by atoms with Crippen molar-refractivity contribution in [2.45, 2.75) is 37.7 Å². The fourth-order valence-electron chi connectivity index (χ4n) is 3.01. The van der Waals surface area contributed by atoms with Crippen LogP contribution in [0.1, 0.15) is 32.3 Å². The van der Waals surface area contributed by atoms with Gasteiger partial charge in [-0.15, -0.1) is 0 Å². The molecule has 0 unspecified atom stereocenters. The molecule has 1 aromatic rings. The fourth-order valence-corrected chi connectivity index (χ4v) is 7.81. The third kappa shape index (κ3) is 5.89. The zero-order chi connectivity index (χ0) is 20.0. The van der Waals surface area contributed by atoms with Gasteiger partial charge in [-0.25, -0.2) is 0 Å². The molecule has 0 saturated carbocycles. The Hall–Kier alpha value is -0.687. The van der Waals surface area contributed by atoms with Crippen molar-refractivity contribution < 1.29 is 32.1 Å². The molecule has 1 heterocycles. The summed E-state index contributed by atoms with van der Waals surface area (Å²) in [5.41, 5.74) is 0.793. The van der Waals surface area contributed by atoms with Crippen LogP contribution in [0.25, 0.3) is 0 Å². The normalized spacial score (nSPS) is 25.1. The molecule has 0 atom stereocenters. The quantitative estimate of drug-likeness (QED) is 0.219. The minimum absolute atomic E-state index is 0.000931. The number of methoxy groups -OCH3 is 1. The van der Waals surface area contributed by atoms with Crippen molar-refractivity contribution in [3.8, 4) is 5.75 Å². The predicted octanol–water partition coefficient (Wildman–Crippen LogP) is 4.91. The van der Waals surface area contributed by atoms with Crippen LogP contribution >= 0.6 is 29.7 Å². The van der Waals surface area contributed by atoms with Crippen molar-refractivity contribution in [2.24, 2.45) is 11.3 Å². The molecule has 0 N–H and O–H groups in total. The summed E-state index contributed by atoms with van der Waals surface area (Å²) in [6.45, 7) is 3.88. The SMILES string of the molecule is COC(=O)C1CCS(ON=O)(c2ccc(OC(C)C)c([CH]=[Ru]([Cl])[Cl])c2)CC1. The molecule has 10 heteroatoms. The van der Waals surface area contributed by atoms with E-state index < -0.39 is 23.8 Å². The topological polar surface area (TPSA) is 74.2 Å². The Balaban J connectivity index is 2.38. The summed E-state index contributed by atoms with van der Waals surface area (Å²) in [7, 11) is 11.6. The van der Waals surface area contributed by atoms with Crippen molar-refractivity contribution in [3.05, 3.63) is 28.7 Å². The molecule has 154 valence electrons. The van der Waals surface area contributed by atoms with E-state index in [0.29, 0.717) is 30.1 Å². The first-order valence-electron chi connectivity index (χ1n) is 8.33. The second-order valence-corrected chi connectivity index (χ2v) is 15.1. The van der Waals surface area contributed by atoms with E-state index in [1.807, 2.05) is 36.7 Å². The molecule has 0 radical (unpaired) electrons. The van der Waals surface area contributed by atoms with E-state index in [4.69, 9.17) is 33.1 Å². The number of nitrogens with zero attached hydrogens (tertiary/aromatic N) is 1. The van der Waals surface area contributed by atoms with E-state index in [1.165, 1.54) is 7.11 Å². The minimum atomic E-state index is -2.08. The van der Waals surface area contributed by atoms with Gasteiger partial charge in [-0.3, -0.25) is 0 Å². The first kappa shape index (κ1) is 22.6. The molecule has 1 saturated heterocycles. The number of rotatable bonds is 7. The standard InChI is InChI=1S/C17H23NO5S.2ClH.Ru/c1-12(2)22-16-6-5-15(11-13(16)3)24(23-18-20)9-7-14(8-10-24)17(19)21-4;;;/h3,5-6,11-12,14H,7-10H2,1-2,4H3;2*1H;/q;;;+2/p-2. The predicted molar refractivity (Wildman–Crippen MR) is 106 cm³/mol. The van der Waals surface area contributed by atoms with Gasteiger partial charge in [0.25, 0.3) is 0 Å². The van der Waals surface area contributed by atoms with Gasteiger partial charge in [0, 0.05) is 0 Å². The van der Waals surface area contributed by atoms with Gasteiger partial charge < -0.3 is 0 Å². The average Bonchev–Trinajstić information content (AvgIpc) is 2.62. The summed E-state index contributed by atoms with van der Waals surface area (Å²) < 4.78 is 17.9. The van der Waals surface area contributed by atoms with E-state index in [2.05, 4.69) is 5.34 Å². The van der Waals surface area contributed by atoms with Crippen LogP contribution < -0.4 is 4.74 Å². The first-order chi connectivity index (χ1) is 12.8. The van der Waals surface area contributed by atoms with Gasteiger partial charge in [0.1, 0.15) is 0 Å². The number of halogens is 2. The Morgan fingerprint density at radius 2 is 2.00 bits per heavy atom. The van der Waals surface area contributed by atoms with E-state index in [0.717, 1.165) is 10.5 Å². The zero-order valence-electron chi connectivity index (χ0n) is 15.3. The molecule has 0 aliphatic carbocycles. The molecule has 27 heavy (non-hydrogen) atoms. The van der Waals surface area contributed by atoms with Crippen LogP contribution in [0.2, 0.25) is 0 Å². The maximum absolute atomic E-state index is 11.8. The van der Waals surface area contributed by atoms with Gasteiger partial charge in [0.2, 0.25) is 0 Å². The van der Waals surface area contributed by atoms with Crippen molar-refractivity contribution in [3.63, 3.8) is 0 Å². The summed E-state index contributed by atoms with van der Waals surface area (Å²) in [5.74, 6) is 1.40. The molecular weight excluding hydrogens is 502 g/mol. The summed E-state index contributed by atoms with van der Waals surface area (Å²) in [6.07, 6.45) is 1.17. The molecule has 6 nitrogen and oxygen atoms in total. The van der Waals surface area contributed by atoms with Gasteiger partial charge >= 0.3 is 174 Å². The van der Waals surface area contributed by atoms with Gasteiger partial charge in [0.05, 0.1) is 0 Å². The molecule has 0 spiro atoms. The summed E-state index contributed by atoms with van der Waals surface area (Å²) in [4.78, 5) is 23.7. The number of benzene rings is 1. The molecular formula is C17H23Cl2NO5RuS. The molecule has 1 fully saturated rings. The first-order valence-corrected chi connectivity index (χ1v) is 15.7. The van der Waals surface area contributed by atoms with Crippen LogP contribution in [0.5, 0.6) is 5.75 Å². The number of hydrogen-bond donors (Lipinski definition) is 0. The van der Waals surface area contributed by atoms with Crippen molar-refractivity contribution in [1.82, 2.24) is 0 Å². The van der Waals surface area contributed by atoms with Crippen LogP contribution in [0.4, 0.5) is 0 Å². The number of carbonyl (C=O) groups excluding carboxylic acids is 1. The monoisotopic (exact) mass is 525 g/mol. The summed E-state index contributed by atoms with van der Waals surface area (Å²) in [5, 5.41) is 2.75. The van der Waals surface area contributed by atoms with Crippen molar-refractivity contribution in [2.75, 3.05) is 18.6 Å². The molecule has 1 aromatic carbocycles. The van der Waals surface area contributed by atoms with E-state index in [1.54, 1.807) is 0 Å². The number of carbonyl (C=O) groups is 1. The Kier molecular flexibility index (Phi) is 8.53. The fraction of sp³-hybridized carbons (Fsp3) is 0.529. The van der Waals surface area contributed by atoms with Gasteiger partial charge in [0.15, 0.2) is 0 Å². The van der Waals surface area contributed by atoms with Crippen LogP contribution in [-0.4, -0.2) is 35.3 Å². The van der Waals surface area contributed by atoms with Crippen LogP contribution in [0.3, 0.4) is 0 Å². The third-order valence-electron chi connectivity index (χ3n) is 4.26. The number of ether oxygens (including phenoxy) is 2. The number of hydrogen-bond acceptors (Lipinski definition) is 6. The Labute approximate surface area is 173 Å². The average molecular weight is 525 g/mol. The Morgan fingerprint density at radius 3 is 2.52 bits per heavy atom. The number of esters is 1. The molecule has 1 aliphatic rings. The van der Waals surface area contributed by atoms with E-state index in [9.17, 15) is 9.70 Å². The molecule has 0 bridgehead atoms. The molecule has 1 aliphatic heterocycles. The van der Waals surface area contributed by atoms with Gasteiger partial charge in [-0.2, -0.15) is 0 Å². The van der Waals surface area contributed by atoms with Gasteiger partial charge in [-0.05, 0) is 0 Å².